The first-order chi connectivity index (χ1) is 8.52. The number of ether oxygens (including phenoxy) is 1. The van der Waals surface area contributed by atoms with E-state index in [1.807, 2.05) is 6.07 Å². The van der Waals surface area contributed by atoms with Gasteiger partial charge in [-0.05, 0) is 50.1 Å². The molecule has 0 spiro atoms. The van der Waals surface area contributed by atoms with Crippen LogP contribution in [0.15, 0.2) is 39.4 Å². The van der Waals surface area contributed by atoms with E-state index < -0.39 is 5.97 Å². The molecule has 0 saturated heterocycles. The van der Waals surface area contributed by atoms with Crippen LogP contribution in [0, 0.1) is 0 Å². The van der Waals surface area contributed by atoms with Gasteiger partial charge in [-0.2, -0.15) is 0 Å². The van der Waals surface area contributed by atoms with Crippen molar-refractivity contribution in [3.8, 4) is 11.4 Å². The molecule has 1 N–H and O–H groups in total. The Labute approximate surface area is 120 Å². The van der Waals surface area contributed by atoms with E-state index in [2.05, 4.69) is 31.9 Å². The van der Waals surface area contributed by atoms with Gasteiger partial charge in [-0.3, -0.25) is 0 Å². The van der Waals surface area contributed by atoms with Gasteiger partial charge in [0.1, 0.15) is 11.4 Å². The minimum absolute atomic E-state index is 0.177. The Balaban J connectivity index is 2.64. The first kappa shape index (κ1) is 13.2. The highest BCUT2D eigenvalue weighted by molar-refractivity contribution is 9.10. The second-order valence-electron chi connectivity index (χ2n) is 3.54. The number of carboxylic acid groups (broad SMARTS) is 1. The van der Waals surface area contributed by atoms with E-state index in [0.29, 0.717) is 15.9 Å². The fraction of sp³-hybridized carbons (Fsp3) is 0.0833. The quantitative estimate of drug-likeness (QED) is 0.890. The SMILES string of the molecule is COc1ccc(Br)c(-n2cc(Br)cc2C(=O)O)c1. The van der Waals surface area contributed by atoms with Crippen molar-refractivity contribution in [2.75, 3.05) is 7.11 Å². The number of aromatic carboxylic acids is 1. The number of benzene rings is 1. The second-order valence-corrected chi connectivity index (χ2v) is 5.31. The fourth-order valence-electron chi connectivity index (χ4n) is 1.60. The Hall–Kier alpha value is -1.27. The molecular formula is C12H9Br2NO3. The smallest absolute Gasteiger partial charge is 0.352 e. The van der Waals surface area contributed by atoms with Crippen LogP contribution in [0.5, 0.6) is 5.75 Å². The third kappa shape index (κ3) is 2.44. The highest BCUT2D eigenvalue weighted by atomic mass is 79.9. The van der Waals surface area contributed by atoms with Gasteiger partial charge in [0.25, 0.3) is 0 Å². The van der Waals surface area contributed by atoms with Crippen LogP contribution in [0.2, 0.25) is 0 Å². The number of methoxy groups -OCH3 is 1. The van der Waals surface area contributed by atoms with Crippen molar-refractivity contribution in [1.29, 1.82) is 0 Å². The summed E-state index contributed by atoms with van der Waals surface area (Å²) in [6.07, 6.45) is 1.70. The van der Waals surface area contributed by atoms with Gasteiger partial charge in [0, 0.05) is 21.2 Å². The number of hydrogen-bond donors (Lipinski definition) is 1. The van der Waals surface area contributed by atoms with Crippen LogP contribution in [0.3, 0.4) is 0 Å². The first-order valence-electron chi connectivity index (χ1n) is 4.98. The second kappa shape index (κ2) is 5.16. The molecule has 1 aromatic carbocycles. The molecule has 0 saturated carbocycles. The topological polar surface area (TPSA) is 51.5 Å². The van der Waals surface area contributed by atoms with Gasteiger partial charge in [-0.1, -0.05) is 0 Å². The van der Waals surface area contributed by atoms with Crippen molar-refractivity contribution in [3.63, 3.8) is 0 Å². The summed E-state index contributed by atoms with van der Waals surface area (Å²) in [7, 11) is 1.57. The van der Waals surface area contributed by atoms with Gasteiger partial charge in [0.15, 0.2) is 0 Å². The maximum atomic E-state index is 11.2. The van der Waals surface area contributed by atoms with E-state index in [1.165, 1.54) is 0 Å². The van der Waals surface area contributed by atoms with Crippen LogP contribution in [0.1, 0.15) is 10.5 Å². The molecule has 2 rings (SSSR count). The van der Waals surface area contributed by atoms with E-state index in [0.717, 1.165) is 4.47 Å². The number of carboxylic acids is 1. The van der Waals surface area contributed by atoms with Crippen molar-refractivity contribution in [2.24, 2.45) is 0 Å². The van der Waals surface area contributed by atoms with Crippen LogP contribution in [0.25, 0.3) is 5.69 Å². The number of rotatable bonds is 3. The zero-order valence-corrected chi connectivity index (χ0v) is 12.5. The summed E-state index contributed by atoms with van der Waals surface area (Å²) in [5, 5.41) is 9.17. The molecule has 0 radical (unpaired) electrons. The maximum Gasteiger partial charge on any atom is 0.352 e. The Bertz CT molecular complexity index is 607. The minimum Gasteiger partial charge on any atom is -0.497 e. The Kier molecular flexibility index (Phi) is 3.77. The molecule has 6 heteroatoms. The molecule has 0 fully saturated rings. The molecule has 18 heavy (non-hydrogen) atoms. The van der Waals surface area contributed by atoms with Gasteiger partial charge in [0.2, 0.25) is 0 Å². The number of nitrogens with zero attached hydrogens (tertiary/aromatic N) is 1. The van der Waals surface area contributed by atoms with Crippen molar-refractivity contribution in [3.05, 3.63) is 45.1 Å². The highest BCUT2D eigenvalue weighted by Gasteiger charge is 2.15. The molecule has 0 atom stereocenters. The first-order valence-corrected chi connectivity index (χ1v) is 6.56. The molecule has 0 unspecified atom stereocenters. The van der Waals surface area contributed by atoms with Gasteiger partial charge in [0.05, 0.1) is 12.8 Å². The van der Waals surface area contributed by atoms with Crippen LogP contribution in [-0.4, -0.2) is 22.8 Å². The number of aromatic nitrogens is 1. The monoisotopic (exact) mass is 373 g/mol. The molecule has 0 aliphatic rings. The molecular weight excluding hydrogens is 366 g/mol. The van der Waals surface area contributed by atoms with Crippen LogP contribution in [0.4, 0.5) is 0 Å². The molecule has 94 valence electrons. The standard InChI is InChI=1S/C12H9Br2NO3/c1-18-8-2-3-9(14)10(5-8)15-6-7(13)4-11(15)12(16)17/h2-6H,1H3,(H,16,17). The summed E-state index contributed by atoms with van der Waals surface area (Å²) in [6, 6.07) is 6.93. The molecule has 1 aromatic heterocycles. The summed E-state index contributed by atoms with van der Waals surface area (Å²) in [6.45, 7) is 0. The van der Waals surface area contributed by atoms with Gasteiger partial charge < -0.3 is 14.4 Å². The van der Waals surface area contributed by atoms with E-state index >= 15 is 0 Å². The molecule has 1 heterocycles. The lowest BCUT2D eigenvalue weighted by atomic mass is 10.3. The van der Waals surface area contributed by atoms with Crippen LogP contribution < -0.4 is 4.74 Å². The van der Waals surface area contributed by atoms with Crippen molar-refractivity contribution in [1.82, 2.24) is 4.57 Å². The number of carbonyl (C=O) groups is 1. The van der Waals surface area contributed by atoms with E-state index in [1.54, 1.807) is 36.1 Å². The predicted molar refractivity (Wildman–Crippen MR) is 74.7 cm³/mol. The molecule has 0 amide bonds. The molecule has 0 aliphatic heterocycles. The summed E-state index contributed by atoms with van der Waals surface area (Å²) >= 11 is 6.68. The summed E-state index contributed by atoms with van der Waals surface area (Å²) in [5.74, 6) is -0.329. The lowest BCUT2D eigenvalue weighted by Gasteiger charge is -2.10. The predicted octanol–water partition coefficient (Wildman–Crippen LogP) is 3.71. The number of hydrogen-bond acceptors (Lipinski definition) is 2. The average Bonchev–Trinajstić information content (AvgIpc) is 2.72. The zero-order chi connectivity index (χ0) is 13.3. The van der Waals surface area contributed by atoms with Gasteiger partial charge in [-0.15, -0.1) is 0 Å². The summed E-state index contributed by atoms with van der Waals surface area (Å²) < 4.78 is 8.22. The Morgan fingerprint density at radius 3 is 2.67 bits per heavy atom. The van der Waals surface area contributed by atoms with Crippen molar-refractivity contribution < 1.29 is 14.6 Å². The van der Waals surface area contributed by atoms with Gasteiger partial charge in [-0.25, -0.2) is 4.79 Å². The van der Waals surface area contributed by atoms with Gasteiger partial charge >= 0.3 is 5.97 Å². The lowest BCUT2D eigenvalue weighted by molar-refractivity contribution is 0.0688. The summed E-state index contributed by atoms with van der Waals surface area (Å²) in [5.41, 5.74) is 0.883. The van der Waals surface area contributed by atoms with E-state index in [9.17, 15) is 4.79 Å². The van der Waals surface area contributed by atoms with E-state index in [4.69, 9.17) is 9.84 Å². The Morgan fingerprint density at radius 2 is 2.06 bits per heavy atom. The van der Waals surface area contributed by atoms with Crippen LogP contribution >= 0.6 is 31.9 Å². The van der Waals surface area contributed by atoms with E-state index in [-0.39, 0.29) is 5.69 Å². The molecule has 4 nitrogen and oxygen atoms in total. The molecule has 0 aliphatic carbocycles. The Morgan fingerprint density at radius 1 is 1.33 bits per heavy atom. The third-order valence-electron chi connectivity index (χ3n) is 2.42. The number of halogens is 2. The highest BCUT2D eigenvalue weighted by Crippen LogP contribution is 2.29. The van der Waals surface area contributed by atoms with Crippen molar-refractivity contribution in [2.45, 2.75) is 0 Å². The largest absolute Gasteiger partial charge is 0.497 e. The fourth-order valence-corrected chi connectivity index (χ4v) is 2.46. The minimum atomic E-state index is -0.990. The molecule has 0 bridgehead atoms. The average molecular weight is 375 g/mol. The van der Waals surface area contributed by atoms with Crippen LogP contribution in [-0.2, 0) is 0 Å². The zero-order valence-electron chi connectivity index (χ0n) is 9.35. The normalized spacial score (nSPS) is 10.4. The molecule has 2 aromatic rings. The lowest BCUT2D eigenvalue weighted by Crippen LogP contribution is -2.06. The van der Waals surface area contributed by atoms with Crippen molar-refractivity contribution >= 4 is 37.8 Å². The third-order valence-corrected chi connectivity index (χ3v) is 3.52. The maximum absolute atomic E-state index is 11.2. The summed E-state index contributed by atoms with van der Waals surface area (Å²) in [4.78, 5) is 11.2.